The van der Waals surface area contributed by atoms with E-state index in [1.807, 2.05) is 0 Å². The first-order chi connectivity index (χ1) is 9.82. The van der Waals surface area contributed by atoms with Crippen molar-refractivity contribution in [2.75, 3.05) is 13.1 Å². The molecule has 0 saturated carbocycles. The lowest BCUT2D eigenvalue weighted by atomic mass is 10.1. The minimum atomic E-state index is -3.69. The van der Waals surface area contributed by atoms with Gasteiger partial charge in [0.2, 0.25) is 21.8 Å². The van der Waals surface area contributed by atoms with Crippen molar-refractivity contribution in [3.63, 3.8) is 0 Å². The maximum Gasteiger partial charge on any atom is 0.248 e. The lowest BCUT2D eigenvalue weighted by Gasteiger charge is -2.41. The molecule has 2 fully saturated rings. The second-order valence-electron chi connectivity index (χ2n) is 5.29. The second-order valence-corrected chi connectivity index (χ2v) is 7.16. The fraction of sp³-hybridized carbons (Fsp3) is 0.583. The summed E-state index contributed by atoms with van der Waals surface area (Å²) in [4.78, 5) is 24.5. The third-order valence-electron chi connectivity index (χ3n) is 3.85. The van der Waals surface area contributed by atoms with E-state index in [1.165, 1.54) is 16.1 Å². The minimum Gasteiger partial charge on any atom is -0.360 e. The number of likely N-dealkylation sites (tertiary alicyclic amines) is 1. The van der Waals surface area contributed by atoms with E-state index < -0.39 is 10.0 Å². The highest BCUT2D eigenvalue weighted by Gasteiger charge is 2.46. The number of aromatic nitrogens is 1. The molecule has 0 radical (unpaired) electrons. The van der Waals surface area contributed by atoms with Crippen LogP contribution >= 0.6 is 0 Å². The molecule has 0 atom stereocenters. The van der Waals surface area contributed by atoms with Gasteiger partial charge in [0.05, 0.1) is 6.04 Å². The van der Waals surface area contributed by atoms with Crippen molar-refractivity contribution >= 4 is 21.8 Å². The van der Waals surface area contributed by atoms with Crippen molar-refractivity contribution in [2.24, 2.45) is 0 Å². The molecule has 1 aromatic heterocycles. The van der Waals surface area contributed by atoms with Gasteiger partial charge in [-0.15, -0.1) is 0 Å². The van der Waals surface area contributed by atoms with Gasteiger partial charge in [-0.3, -0.25) is 14.5 Å². The summed E-state index contributed by atoms with van der Waals surface area (Å²) in [5, 5.41) is 3.64. The van der Waals surface area contributed by atoms with Crippen molar-refractivity contribution in [3.8, 4) is 0 Å². The highest BCUT2D eigenvalue weighted by Crippen LogP contribution is 2.30. The van der Waals surface area contributed by atoms with Gasteiger partial charge in [0, 0.05) is 25.9 Å². The molecule has 0 unspecified atom stereocenters. The van der Waals surface area contributed by atoms with Crippen molar-refractivity contribution in [1.82, 2.24) is 14.4 Å². The maximum atomic E-state index is 12.5. The molecule has 0 N–H and O–H groups in total. The Labute approximate surface area is 121 Å². The Hall–Kier alpha value is -1.74. The lowest BCUT2D eigenvalue weighted by Crippen LogP contribution is -2.62. The first-order valence-corrected chi connectivity index (χ1v) is 8.04. The number of carbonyl (C=O) groups excluding carboxylic acids is 2. The minimum absolute atomic E-state index is 0.0695. The van der Waals surface area contributed by atoms with Gasteiger partial charge < -0.3 is 4.52 Å². The molecule has 8 nitrogen and oxygen atoms in total. The predicted molar refractivity (Wildman–Crippen MR) is 69.6 cm³/mol. The van der Waals surface area contributed by atoms with Crippen LogP contribution in [-0.2, 0) is 19.6 Å². The number of aryl methyl sites for hydroxylation is 2. The molecule has 0 bridgehead atoms. The van der Waals surface area contributed by atoms with E-state index in [0.717, 1.165) is 0 Å². The Kier molecular flexibility index (Phi) is 3.14. The van der Waals surface area contributed by atoms with Crippen LogP contribution in [0, 0.1) is 13.8 Å². The average Bonchev–Trinajstić information content (AvgIpc) is 2.83. The smallest absolute Gasteiger partial charge is 0.248 e. The molecule has 1 aromatic rings. The number of sulfonamides is 1. The zero-order valence-electron chi connectivity index (χ0n) is 11.7. The van der Waals surface area contributed by atoms with Crippen molar-refractivity contribution in [1.29, 1.82) is 0 Å². The van der Waals surface area contributed by atoms with Crippen LogP contribution in [0.5, 0.6) is 0 Å². The fourth-order valence-electron chi connectivity index (χ4n) is 2.75. The first kappa shape index (κ1) is 14.2. The van der Waals surface area contributed by atoms with Crippen LogP contribution in [0.2, 0.25) is 0 Å². The summed E-state index contributed by atoms with van der Waals surface area (Å²) in [5.41, 5.74) is 0.310. The molecule has 3 heterocycles. The first-order valence-electron chi connectivity index (χ1n) is 6.60. The van der Waals surface area contributed by atoms with Gasteiger partial charge in [-0.05, 0) is 13.8 Å². The highest BCUT2D eigenvalue weighted by molar-refractivity contribution is 7.89. The third kappa shape index (κ3) is 2.07. The Bertz CT molecular complexity index is 682. The SMILES string of the molecule is Cc1noc(C)c1S(=O)(=O)N1CC(N2C(=O)CCC2=O)C1. The number of imide groups is 1. The van der Waals surface area contributed by atoms with Gasteiger partial charge in [-0.2, -0.15) is 4.31 Å². The van der Waals surface area contributed by atoms with Crippen molar-refractivity contribution in [3.05, 3.63) is 11.5 Å². The third-order valence-corrected chi connectivity index (χ3v) is 5.93. The number of nitrogens with zero attached hydrogens (tertiary/aromatic N) is 3. The second kappa shape index (κ2) is 4.63. The van der Waals surface area contributed by atoms with Crippen LogP contribution in [0.3, 0.4) is 0 Å². The Morgan fingerprint density at radius 2 is 1.71 bits per heavy atom. The molecule has 2 aliphatic heterocycles. The average molecular weight is 313 g/mol. The van der Waals surface area contributed by atoms with E-state index in [1.54, 1.807) is 6.92 Å². The molecule has 0 aliphatic carbocycles. The Morgan fingerprint density at radius 3 is 2.19 bits per heavy atom. The van der Waals surface area contributed by atoms with E-state index in [2.05, 4.69) is 5.16 Å². The molecular formula is C12H15N3O5S. The van der Waals surface area contributed by atoms with Crippen LogP contribution < -0.4 is 0 Å². The van der Waals surface area contributed by atoms with E-state index in [9.17, 15) is 18.0 Å². The molecule has 114 valence electrons. The van der Waals surface area contributed by atoms with E-state index in [0.29, 0.717) is 5.69 Å². The zero-order chi connectivity index (χ0) is 15.4. The van der Waals surface area contributed by atoms with Crippen LogP contribution in [0.1, 0.15) is 24.3 Å². The van der Waals surface area contributed by atoms with Crippen LogP contribution in [0.25, 0.3) is 0 Å². The monoisotopic (exact) mass is 313 g/mol. The quantitative estimate of drug-likeness (QED) is 0.717. The van der Waals surface area contributed by atoms with E-state index in [4.69, 9.17) is 4.52 Å². The molecule has 9 heteroatoms. The maximum absolute atomic E-state index is 12.5. The summed E-state index contributed by atoms with van der Waals surface area (Å²) in [7, 11) is -3.69. The predicted octanol–water partition coefficient (Wildman–Crippen LogP) is -0.187. The van der Waals surface area contributed by atoms with Crippen molar-refractivity contribution in [2.45, 2.75) is 37.6 Å². The fourth-order valence-corrected chi connectivity index (χ4v) is 4.56. The van der Waals surface area contributed by atoms with E-state index in [-0.39, 0.29) is 54.4 Å². The topological polar surface area (TPSA) is 101 Å². The zero-order valence-corrected chi connectivity index (χ0v) is 12.5. The van der Waals surface area contributed by atoms with Gasteiger partial charge in [0.25, 0.3) is 0 Å². The lowest BCUT2D eigenvalue weighted by molar-refractivity contribution is -0.143. The number of carbonyl (C=O) groups is 2. The molecule has 2 amide bonds. The van der Waals surface area contributed by atoms with Gasteiger partial charge in [-0.1, -0.05) is 5.16 Å². The standard InChI is InChI=1S/C12H15N3O5S/c1-7-12(8(2)20-13-7)21(18,19)14-5-9(6-14)15-10(16)3-4-11(15)17/h9H,3-6H2,1-2H3. The molecule has 2 saturated heterocycles. The molecule has 0 spiro atoms. The van der Waals surface area contributed by atoms with Gasteiger partial charge in [0.15, 0.2) is 5.76 Å². The Morgan fingerprint density at radius 1 is 1.14 bits per heavy atom. The number of hydrogen-bond acceptors (Lipinski definition) is 6. The molecule has 2 aliphatic rings. The van der Waals surface area contributed by atoms with Gasteiger partial charge in [0.1, 0.15) is 10.6 Å². The summed E-state index contributed by atoms with van der Waals surface area (Å²) in [6.07, 6.45) is 0.428. The van der Waals surface area contributed by atoms with Crippen molar-refractivity contribution < 1.29 is 22.5 Å². The number of amides is 2. The summed E-state index contributed by atoms with van der Waals surface area (Å²) < 4.78 is 31.1. The number of rotatable bonds is 3. The van der Waals surface area contributed by atoms with E-state index >= 15 is 0 Å². The number of hydrogen-bond donors (Lipinski definition) is 0. The Balaban J connectivity index is 1.77. The summed E-state index contributed by atoms with van der Waals surface area (Å²) in [5.74, 6) is -0.206. The normalized spacial score (nSPS) is 21.1. The van der Waals surface area contributed by atoms with Crippen LogP contribution in [-0.4, -0.2) is 53.7 Å². The molecule has 0 aromatic carbocycles. The van der Waals surface area contributed by atoms with Gasteiger partial charge >= 0.3 is 0 Å². The summed E-state index contributed by atoms with van der Waals surface area (Å²) in [6, 6.07) is -0.359. The van der Waals surface area contributed by atoms with Crippen LogP contribution in [0.15, 0.2) is 9.42 Å². The van der Waals surface area contributed by atoms with Crippen LogP contribution in [0.4, 0.5) is 0 Å². The molecular weight excluding hydrogens is 298 g/mol. The van der Waals surface area contributed by atoms with Gasteiger partial charge in [-0.25, -0.2) is 8.42 Å². The molecule has 21 heavy (non-hydrogen) atoms. The highest BCUT2D eigenvalue weighted by atomic mass is 32.2. The molecule has 3 rings (SSSR count). The largest absolute Gasteiger partial charge is 0.360 e. The summed E-state index contributed by atoms with van der Waals surface area (Å²) in [6.45, 7) is 3.36. The summed E-state index contributed by atoms with van der Waals surface area (Å²) >= 11 is 0.